The van der Waals surface area contributed by atoms with Crippen molar-refractivity contribution in [3.05, 3.63) is 47.9 Å². The molecular formula is C13H14FN3O2S. The van der Waals surface area contributed by atoms with Crippen molar-refractivity contribution >= 4 is 21.5 Å². The number of pyridine rings is 1. The van der Waals surface area contributed by atoms with Crippen LogP contribution in [0.25, 0.3) is 0 Å². The molecular weight excluding hydrogens is 281 g/mol. The highest BCUT2D eigenvalue weighted by Crippen LogP contribution is 2.21. The van der Waals surface area contributed by atoms with Gasteiger partial charge in [-0.1, -0.05) is 0 Å². The van der Waals surface area contributed by atoms with Gasteiger partial charge in [-0.05, 0) is 36.8 Å². The topological polar surface area (TPSA) is 71.1 Å². The van der Waals surface area contributed by atoms with Gasteiger partial charge in [-0.15, -0.1) is 0 Å². The van der Waals surface area contributed by atoms with Gasteiger partial charge in [0.05, 0.1) is 10.6 Å². The molecule has 0 aliphatic carbocycles. The van der Waals surface area contributed by atoms with E-state index < -0.39 is 15.8 Å². The molecule has 0 amide bonds. The Morgan fingerprint density at radius 1 is 1.20 bits per heavy atom. The summed E-state index contributed by atoms with van der Waals surface area (Å²) in [5, 5.41) is 2.77. The molecule has 20 heavy (non-hydrogen) atoms. The van der Waals surface area contributed by atoms with Crippen LogP contribution in [0, 0.1) is 12.7 Å². The molecule has 0 aliphatic rings. The van der Waals surface area contributed by atoms with Gasteiger partial charge >= 0.3 is 0 Å². The first-order valence-electron chi connectivity index (χ1n) is 5.85. The predicted molar refractivity (Wildman–Crippen MR) is 75.7 cm³/mol. The summed E-state index contributed by atoms with van der Waals surface area (Å²) in [5.41, 5.74) is 0.852. The Kier molecular flexibility index (Phi) is 3.89. The Labute approximate surface area is 116 Å². The number of benzene rings is 1. The summed E-state index contributed by atoms with van der Waals surface area (Å²) >= 11 is 0. The van der Waals surface area contributed by atoms with Gasteiger partial charge in [0.2, 0.25) is 0 Å². The summed E-state index contributed by atoms with van der Waals surface area (Å²) in [7, 11) is -2.08. The fourth-order valence-corrected chi connectivity index (χ4v) is 2.80. The third kappa shape index (κ3) is 3.05. The number of nitrogens with zero attached hydrogens (tertiary/aromatic N) is 1. The minimum absolute atomic E-state index is 0.0839. The van der Waals surface area contributed by atoms with Crippen LogP contribution in [0.4, 0.5) is 15.9 Å². The SMILES string of the molecule is CNc1cc(S(=O)(=O)Nc2ccc(F)cc2C)ccn1. The molecule has 7 heteroatoms. The highest BCUT2D eigenvalue weighted by Gasteiger charge is 2.16. The van der Waals surface area contributed by atoms with Crippen molar-refractivity contribution in [2.24, 2.45) is 0 Å². The van der Waals surface area contributed by atoms with Crippen molar-refractivity contribution < 1.29 is 12.8 Å². The number of aryl methyl sites for hydroxylation is 1. The zero-order valence-electron chi connectivity index (χ0n) is 11.0. The van der Waals surface area contributed by atoms with Gasteiger partial charge in [-0.3, -0.25) is 4.72 Å². The van der Waals surface area contributed by atoms with Gasteiger partial charge in [-0.2, -0.15) is 0 Å². The lowest BCUT2D eigenvalue weighted by Gasteiger charge is -2.11. The molecule has 1 aromatic heterocycles. The van der Waals surface area contributed by atoms with E-state index in [1.807, 2.05) is 0 Å². The van der Waals surface area contributed by atoms with E-state index >= 15 is 0 Å². The molecule has 0 fully saturated rings. The number of sulfonamides is 1. The summed E-state index contributed by atoms with van der Waals surface area (Å²) in [6, 6.07) is 6.67. The van der Waals surface area contributed by atoms with Gasteiger partial charge in [0.15, 0.2) is 0 Å². The van der Waals surface area contributed by atoms with Crippen LogP contribution in [0.3, 0.4) is 0 Å². The Balaban J connectivity index is 2.35. The van der Waals surface area contributed by atoms with Gasteiger partial charge in [0, 0.05) is 19.3 Å². The number of aromatic nitrogens is 1. The van der Waals surface area contributed by atoms with Crippen molar-refractivity contribution in [2.75, 3.05) is 17.1 Å². The predicted octanol–water partition coefficient (Wildman–Crippen LogP) is 2.37. The summed E-state index contributed by atoms with van der Waals surface area (Å²) in [4.78, 5) is 4.04. The first-order chi connectivity index (χ1) is 9.42. The van der Waals surface area contributed by atoms with Crippen LogP contribution in [0.2, 0.25) is 0 Å². The Morgan fingerprint density at radius 3 is 2.60 bits per heavy atom. The molecule has 0 saturated heterocycles. The van der Waals surface area contributed by atoms with Gasteiger partial charge in [0.1, 0.15) is 11.6 Å². The minimum atomic E-state index is -3.73. The summed E-state index contributed by atoms with van der Waals surface area (Å²) < 4.78 is 39.9. The monoisotopic (exact) mass is 295 g/mol. The fraction of sp³-hybridized carbons (Fsp3) is 0.154. The van der Waals surface area contributed by atoms with E-state index in [0.717, 1.165) is 0 Å². The van der Waals surface area contributed by atoms with Crippen molar-refractivity contribution in [3.63, 3.8) is 0 Å². The van der Waals surface area contributed by atoms with E-state index in [9.17, 15) is 12.8 Å². The normalized spacial score (nSPS) is 11.2. The van der Waals surface area contributed by atoms with E-state index in [-0.39, 0.29) is 4.90 Å². The molecule has 0 bridgehead atoms. The van der Waals surface area contributed by atoms with E-state index in [0.29, 0.717) is 17.1 Å². The largest absolute Gasteiger partial charge is 0.373 e. The number of nitrogens with one attached hydrogen (secondary N) is 2. The van der Waals surface area contributed by atoms with E-state index in [1.54, 1.807) is 14.0 Å². The van der Waals surface area contributed by atoms with Gasteiger partial charge < -0.3 is 5.32 Å². The molecule has 106 valence electrons. The van der Waals surface area contributed by atoms with E-state index in [2.05, 4.69) is 15.0 Å². The number of hydrogen-bond donors (Lipinski definition) is 2. The van der Waals surface area contributed by atoms with Crippen LogP contribution in [-0.2, 0) is 10.0 Å². The summed E-state index contributed by atoms with van der Waals surface area (Å²) in [5.74, 6) is 0.0375. The molecule has 0 radical (unpaired) electrons. The summed E-state index contributed by atoms with van der Waals surface area (Å²) in [6.45, 7) is 1.63. The van der Waals surface area contributed by atoms with Crippen molar-refractivity contribution in [1.82, 2.24) is 4.98 Å². The van der Waals surface area contributed by atoms with Crippen molar-refractivity contribution in [3.8, 4) is 0 Å². The van der Waals surface area contributed by atoms with Crippen LogP contribution < -0.4 is 10.0 Å². The maximum Gasteiger partial charge on any atom is 0.262 e. The second-order valence-electron chi connectivity index (χ2n) is 4.19. The number of halogens is 1. The lowest BCUT2D eigenvalue weighted by Crippen LogP contribution is -2.14. The van der Waals surface area contributed by atoms with E-state index in [1.165, 1.54) is 36.5 Å². The molecule has 2 rings (SSSR count). The highest BCUT2D eigenvalue weighted by atomic mass is 32.2. The smallest absolute Gasteiger partial charge is 0.262 e. The van der Waals surface area contributed by atoms with Crippen LogP contribution in [0.1, 0.15) is 5.56 Å². The quantitative estimate of drug-likeness (QED) is 0.908. The highest BCUT2D eigenvalue weighted by molar-refractivity contribution is 7.92. The lowest BCUT2D eigenvalue weighted by atomic mass is 10.2. The van der Waals surface area contributed by atoms with Gasteiger partial charge in [0.25, 0.3) is 10.0 Å². The molecule has 0 unspecified atom stereocenters. The molecule has 2 aromatic rings. The van der Waals surface area contributed by atoms with Crippen LogP contribution in [-0.4, -0.2) is 20.4 Å². The summed E-state index contributed by atoms with van der Waals surface area (Å²) in [6.07, 6.45) is 1.40. The third-order valence-electron chi connectivity index (χ3n) is 2.73. The van der Waals surface area contributed by atoms with Crippen molar-refractivity contribution in [2.45, 2.75) is 11.8 Å². The lowest BCUT2D eigenvalue weighted by molar-refractivity contribution is 0.600. The molecule has 0 spiro atoms. The number of anilines is 2. The van der Waals surface area contributed by atoms with Crippen LogP contribution in [0.15, 0.2) is 41.4 Å². The third-order valence-corrected chi connectivity index (χ3v) is 4.09. The zero-order chi connectivity index (χ0) is 14.8. The maximum atomic E-state index is 13.0. The molecule has 0 atom stereocenters. The second-order valence-corrected chi connectivity index (χ2v) is 5.87. The Morgan fingerprint density at radius 2 is 1.95 bits per heavy atom. The molecule has 0 aliphatic heterocycles. The molecule has 5 nitrogen and oxygen atoms in total. The minimum Gasteiger partial charge on any atom is -0.373 e. The van der Waals surface area contributed by atoms with Crippen LogP contribution in [0.5, 0.6) is 0 Å². The number of rotatable bonds is 4. The van der Waals surface area contributed by atoms with E-state index in [4.69, 9.17) is 0 Å². The average molecular weight is 295 g/mol. The molecule has 0 saturated carbocycles. The molecule has 1 heterocycles. The van der Waals surface area contributed by atoms with Gasteiger partial charge in [-0.25, -0.2) is 17.8 Å². The Hall–Kier alpha value is -2.15. The maximum absolute atomic E-state index is 13.0. The first-order valence-corrected chi connectivity index (χ1v) is 7.33. The second kappa shape index (κ2) is 5.46. The first kappa shape index (κ1) is 14.3. The van der Waals surface area contributed by atoms with Crippen LogP contribution >= 0.6 is 0 Å². The fourth-order valence-electron chi connectivity index (χ4n) is 1.66. The number of hydrogen-bond acceptors (Lipinski definition) is 4. The molecule has 2 N–H and O–H groups in total. The zero-order valence-corrected chi connectivity index (χ0v) is 11.8. The standard InChI is InChI=1S/C13H14FN3O2S/c1-9-7-10(14)3-4-12(9)17-20(18,19)11-5-6-16-13(8-11)15-2/h3-8,17H,1-2H3,(H,15,16). The average Bonchev–Trinajstić information content (AvgIpc) is 2.42. The Bertz CT molecular complexity index is 732. The molecule has 1 aromatic carbocycles. The van der Waals surface area contributed by atoms with Crippen molar-refractivity contribution in [1.29, 1.82) is 0 Å².